The molecule has 0 radical (unpaired) electrons. The van der Waals surface area contributed by atoms with Gasteiger partial charge in [-0.15, -0.1) is 0 Å². The zero-order chi connectivity index (χ0) is 19.1. The fourth-order valence-corrected chi connectivity index (χ4v) is 4.90. The van der Waals surface area contributed by atoms with Crippen LogP contribution in [0.4, 0.5) is 0 Å². The monoisotopic (exact) mass is 380 g/mol. The zero-order valence-electron chi connectivity index (χ0n) is 16.6. The summed E-state index contributed by atoms with van der Waals surface area (Å²) in [5.41, 5.74) is 2.65. The molecule has 0 N–H and O–H groups in total. The minimum atomic E-state index is 0.255. The van der Waals surface area contributed by atoms with Gasteiger partial charge in [0.25, 0.3) is 0 Å². The first kappa shape index (κ1) is 17.9. The van der Waals surface area contributed by atoms with Crippen molar-refractivity contribution in [2.45, 2.75) is 25.2 Å². The molecule has 0 unspecified atom stereocenters. The molecule has 3 aliphatic rings. The number of nitrogens with zero attached hydrogens (tertiary/aromatic N) is 4. The van der Waals surface area contributed by atoms with Crippen LogP contribution in [0.2, 0.25) is 0 Å². The Morgan fingerprint density at radius 1 is 0.571 bits per heavy atom. The van der Waals surface area contributed by atoms with Crippen LogP contribution in [0, 0.1) is 0 Å². The highest BCUT2D eigenvalue weighted by atomic mass is 16.5. The van der Waals surface area contributed by atoms with Crippen LogP contribution in [0.3, 0.4) is 0 Å². The third kappa shape index (κ3) is 2.88. The molecule has 2 aromatic carbocycles. The molecule has 6 heteroatoms. The van der Waals surface area contributed by atoms with Crippen LogP contribution in [0.25, 0.3) is 0 Å². The van der Waals surface area contributed by atoms with Crippen molar-refractivity contribution < 1.29 is 9.47 Å². The van der Waals surface area contributed by atoms with Gasteiger partial charge in [-0.1, -0.05) is 24.3 Å². The summed E-state index contributed by atoms with van der Waals surface area (Å²) in [6, 6.07) is 17.2. The molecular weight excluding hydrogens is 352 g/mol. The molecule has 0 atom stereocenters. The average molecular weight is 380 g/mol. The summed E-state index contributed by atoms with van der Waals surface area (Å²) >= 11 is 0. The van der Waals surface area contributed by atoms with Gasteiger partial charge in [0.1, 0.15) is 23.8 Å². The molecule has 2 aromatic rings. The summed E-state index contributed by atoms with van der Waals surface area (Å²) in [4.78, 5) is 0. The SMILES string of the molecule is COc1ccc(C2N3CCCN3C(c3ccc(OC)cc3)N3CCCN23)cc1. The Kier molecular flexibility index (Phi) is 4.72. The van der Waals surface area contributed by atoms with Crippen molar-refractivity contribution in [1.82, 2.24) is 20.0 Å². The van der Waals surface area contributed by atoms with Gasteiger partial charge in [-0.2, -0.15) is 0 Å². The largest absolute Gasteiger partial charge is 0.497 e. The van der Waals surface area contributed by atoms with Crippen molar-refractivity contribution in [2.75, 3.05) is 40.4 Å². The summed E-state index contributed by atoms with van der Waals surface area (Å²) in [5, 5.41) is 10.3. The molecule has 0 bridgehead atoms. The minimum Gasteiger partial charge on any atom is -0.497 e. The first-order valence-electron chi connectivity index (χ1n) is 10.1. The Morgan fingerprint density at radius 3 is 1.18 bits per heavy atom. The van der Waals surface area contributed by atoms with Gasteiger partial charge in [0.15, 0.2) is 0 Å². The molecule has 6 nitrogen and oxygen atoms in total. The van der Waals surface area contributed by atoms with Crippen LogP contribution in [-0.2, 0) is 0 Å². The quantitative estimate of drug-likeness (QED) is 0.809. The van der Waals surface area contributed by atoms with E-state index in [9.17, 15) is 0 Å². The maximum absolute atomic E-state index is 5.37. The molecular formula is C22H28N4O2. The van der Waals surface area contributed by atoms with Gasteiger partial charge >= 0.3 is 0 Å². The van der Waals surface area contributed by atoms with E-state index in [0.717, 1.165) is 37.7 Å². The average Bonchev–Trinajstić information content (AvgIpc) is 3.42. The second kappa shape index (κ2) is 7.37. The normalized spacial score (nSPS) is 26.2. The van der Waals surface area contributed by atoms with Gasteiger partial charge in [0.2, 0.25) is 0 Å². The van der Waals surface area contributed by atoms with Gasteiger partial charge in [-0.05, 0) is 48.2 Å². The van der Waals surface area contributed by atoms with Crippen molar-refractivity contribution >= 4 is 0 Å². The number of fused-ring (bicyclic) bond motifs is 2. The molecule has 3 aliphatic heterocycles. The van der Waals surface area contributed by atoms with E-state index < -0.39 is 0 Å². The number of methoxy groups -OCH3 is 2. The molecule has 3 fully saturated rings. The van der Waals surface area contributed by atoms with E-state index in [0.29, 0.717) is 0 Å². The number of rotatable bonds is 4. The Hall–Kier alpha value is -2.12. The van der Waals surface area contributed by atoms with Gasteiger partial charge in [0, 0.05) is 26.2 Å². The second-order valence-electron chi connectivity index (χ2n) is 7.65. The fraction of sp³-hybridized carbons (Fsp3) is 0.455. The van der Waals surface area contributed by atoms with Crippen molar-refractivity contribution in [3.8, 4) is 11.5 Å². The van der Waals surface area contributed by atoms with Crippen LogP contribution in [0.1, 0.15) is 36.3 Å². The smallest absolute Gasteiger partial charge is 0.118 e. The van der Waals surface area contributed by atoms with Crippen molar-refractivity contribution in [3.05, 3.63) is 59.7 Å². The molecule has 5 rings (SSSR count). The van der Waals surface area contributed by atoms with Crippen LogP contribution < -0.4 is 9.47 Å². The van der Waals surface area contributed by atoms with E-state index in [2.05, 4.69) is 68.6 Å². The Bertz CT molecular complexity index is 721. The highest BCUT2D eigenvalue weighted by molar-refractivity contribution is 5.31. The van der Waals surface area contributed by atoms with E-state index in [1.54, 1.807) is 14.2 Å². The van der Waals surface area contributed by atoms with E-state index in [-0.39, 0.29) is 12.3 Å². The molecule has 148 valence electrons. The number of ether oxygens (including phenoxy) is 2. The summed E-state index contributed by atoms with van der Waals surface area (Å²) in [5.74, 6) is 1.82. The highest BCUT2D eigenvalue weighted by Gasteiger charge is 2.49. The molecule has 28 heavy (non-hydrogen) atoms. The standard InChI is InChI=1S/C22H28N4O2/c1-27-19-9-5-17(6-10-19)21-23-13-3-15-25(23)22(26-16-4-14-24(21)26)18-7-11-20(28-2)12-8-18/h5-12,21-22H,3-4,13-16H2,1-2H3. The maximum Gasteiger partial charge on any atom is 0.118 e. The predicted molar refractivity (Wildman–Crippen MR) is 108 cm³/mol. The van der Waals surface area contributed by atoms with Crippen molar-refractivity contribution in [1.29, 1.82) is 0 Å². The van der Waals surface area contributed by atoms with Crippen LogP contribution in [0.15, 0.2) is 48.5 Å². The molecule has 3 heterocycles. The Labute approximate surface area is 166 Å². The summed E-state index contributed by atoms with van der Waals surface area (Å²) in [7, 11) is 3.44. The molecule has 0 aliphatic carbocycles. The van der Waals surface area contributed by atoms with Gasteiger partial charge in [-0.3, -0.25) is 0 Å². The highest BCUT2D eigenvalue weighted by Crippen LogP contribution is 2.45. The lowest BCUT2D eigenvalue weighted by molar-refractivity contribution is -0.271. The van der Waals surface area contributed by atoms with E-state index in [1.165, 1.54) is 24.0 Å². The lowest BCUT2D eigenvalue weighted by atomic mass is 10.1. The topological polar surface area (TPSA) is 31.4 Å². The summed E-state index contributed by atoms with van der Waals surface area (Å²) in [6.45, 7) is 4.36. The minimum absolute atomic E-state index is 0.255. The van der Waals surface area contributed by atoms with Gasteiger partial charge < -0.3 is 9.47 Å². The van der Waals surface area contributed by atoms with Gasteiger partial charge in [-0.25, -0.2) is 20.0 Å². The van der Waals surface area contributed by atoms with E-state index in [4.69, 9.17) is 9.47 Å². The van der Waals surface area contributed by atoms with Crippen LogP contribution in [-0.4, -0.2) is 60.4 Å². The van der Waals surface area contributed by atoms with Crippen molar-refractivity contribution in [2.24, 2.45) is 0 Å². The molecule has 0 amide bonds. The number of hydrazine groups is 2. The van der Waals surface area contributed by atoms with E-state index >= 15 is 0 Å². The summed E-state index contributed by atoms with van der Waals surface area (Å²) < 4.78 is 10.7. The second-order valence-corrected chi connectivity index (χ2v) is 7.65. The number of hydrogen-bond donors (Lipinski definition) is 0. The molecule has 3 saturated heterocycles. The van der Waals surface area contributed by atoms with Crippen LogP contribution in [0.5, 0.6) is 11.5 Å². The Balaban J connectivity index is 1.51. The maximum atomic E-state index is 5.37. The fourth-order valence-electron chi connectivity index (χ4n) is 4.90. The molecule has 0 spiro atoms. The third-order valence-corrected chi connectivity index (χ3v) is 6.17. The lowest BCUT2D eigenvalue weighted by Crippen LogP contribution is -2.61. The third-order valence-electron chi connectivity index (χ3n) is 6.17. The Morgan fingerprint density at radius 2 is 0.893 bits per heavy atom. The number of hydrogen-bond acceptors (Lipinski definition) is 6. The van der Waals surface area contributed by atoms with Crippen LogP contribution >= 0.6 is 0 Å². The number of benzene rings is 2. The molecule has 0 saturated carbocycles. The first-order chi connectivity index (χ1) is 13.8. The summed E-state index contributed by atoms with van der Waals surface area (Å²) in [6.07, 6.45) is 2.90. The lowest BCUT2D eigenvalue weighted by Gasteiger charge is -2.54. The predicted octanol–water partition coefficient (Wildman–Crippen LogP) is 3.26. The van der Waals surface area contributed by atoms with Gasteiger partial charge in [0.05, 0.1) is 14.2 Å². The zero-order valence-corrected chi connectivity index (χ0v) is 16.6. The van der Waals surface area contributed by atoms with E-state index in [1.807, 2.05) is 0 Å². The first-order valence-corrected chi connectivity index (χ1v) is 10.1. The molecule has 0 aromatic heterocycles. The van der Waals surface area contributed by atoms with Crippen molar-refractivity contribution in [3.63, 3.8) is 0 Å².